The van der Waals surface area contributed by atoms with Crippen molar-refractivity contribution in [2.45, 2.75) is 36.5 Å². The van der Waals surface area contributed by atoms with Crippen LogP contribution in [0.2, 0.25) is 0 Å². The summed E-state index contributed by atoms with van der Waals surface area (Å²) >= 11 is 3.29. The molecule has 0 spiro atoms. The van der Waals surface area contributed by atoms with Crippen LogP contribution in [0.5, 0.6) is 0 Å². The third-order valence-corrected chi connectivity index (χ3v) is 4.46. The lowest BCUT2D eigenvalue weighted by Gasteiger charge is -2.31. The van der Waals surface area contributed by atoms with E-state index >= 15 is 0 Å². The van der Waals surface area contributed by atoms with Gasteiger partial charge in [0, 0.05) is 16.3 Å². The van der Waals surface area contributed by atoms with Gasteiger partial charge in [-0.05, 0) is 24.5 Å². The first-order valence-corrected chi connectivity index (χ1v) is 6.76. The summed E-state index contributed by atoms with van der Waals surface area (Å²) in [5, 5.41) is 9.74. The number of halogens is 4. The molecule has 1 amide bonds. The molecule has 0 bridgehead atoms. The lowest BCUT2D eigenvalue weighted by atomic mass is 9.82. The predicted molar refractivity (Wildman–Crippen MR) is 69.9 cm³/mol. The Morgan fingerprint density at radius 1 is 1.35 bits per heavy atom. The first-order valence-electron chi connectivity index (χ1n) is 5.96. The van der Waals surface area contributed by atoms with Crippen LogP contribution in [0.3, 0.4) is 0 Å². The van der Waals surface area contributed by atoms with Crippen LogP contribution in [0.1, 0.15) is 24.8 Å². The maximum Gasteiger partial charge on any atom is 0.426 e. The van der Waals surface area contributed by atoms with E-state index < -0.39 is 29.5 Å². The van der Waals surface area contributed by atoms with E-state index in [2.05, 4.69) is 15.9 Å². The number of carbonyl (C=O) groups is 1. The molecule has 0 aromatic heterocycles. The van der Waals surface area contributed by atoms with Gasteiger partial charge in [-0.2, -0.15) is 13.2 Å². The van der Waals surface area contributed by atoms with Gasteiger partial charge in [0.25, 0.3) is 5.91 Å². The molecule has 7 heteroatoms. The fourth-order valence-corrected chi connectivity index (χ4v) is 3.11. The summed E-state index contributed by atoms with van der Waals surface area (Å²) in [7, 11) is 0. The lowest BCUT2D eigenvalue weighted by Crippen LogP contribution is -2.57. The number of alkyl halides is 3. The molecule has 1 aromatic carbocycles. The molecule has 0 aliphatic heterocycles. The zero-order valence-electron chi connectivity index (χ0n) is 10.4. The van der Waals surface area contributed by atoms with E-state index in [9.17, 15) is 23.1 Å². The van der Waals surface area contributed by atoms with Crippen molar-refractivity contribution in [1.82, 2.24) is 0 Å². The number of aliphatic hydroxyl groups is 1. The van der Waals surface area contributed by atoms with Gasteiger partial charge < -0.3 is 10.8 Å². The maximum absolute atomic E-state index is 13.0. The normalized spacial score (nSPS) is 20.2. The summed E-state index contributed by atoms with van der Waals surface area (Å²) in [5.41, 5.74) is 1.08. The predicted octanol–water partition coefficient (Wildman–Crippen LogP) is 2.65. The number of hydrogen-bond acceptors (Lipinski definition) is 2. The van der Waals surface area contributed by atoms with Gasteiger partial charge in [0.2, 0.25) is 5.60 Å². The largest absolute Gasteiger partial charge is 0.426 e. The molecule has 1 atom stereocenters. The number of nitrogens with two attached hydrogens (primary N) is 1. The molecule has 0 radical (unpaired) electrons. The van der Waals surface area contributed by atoms with Crippen LogP contribution in [-0.2, 0) is 10.2 Å². The molecule has 0 saturated heterocycles. The molecular weight excluding hydrogens is 339 g/mol. The van der Waals surface area contributed by atoms with Crippen molar-refractivity contribution in [1.29, 1.82) is 0 Å². The Hall–Kier alpha value is -1.08. The van der Waals surface area contributed by atoms with Gasteiger partial charge in [-0.1, -0.05) is 34.1 Å². The number of amides is 1. The van der Waals surface area contributed by atoms with E-state index in [1.807, 2.05) is 0 Å². The Morgan fingerprint density at radius 3 is 2.30 bits per heavy atom. The summed E-state index contributed by atoms with van der Waals surface area (Å²) in [6.07, 6.45) is -4.89. The van der Waals surface area contributed by atoms with Crippen LogP contribution >= 0.6 is 15.9 Å². The van der Waals surface area contributed by atoms with Crippen LogP contribution < -0.4 is 5.73 Å². The maximum atomic E-state index is 13.0. The van der Waals surface area contributed by atoms with E-state index in [-0.39, 0.29) is 0 Å². The summed E-state index contributed by atoms with van der Waals surface area (Å²) in [4.78, 5) is 11.1. The van der Waals surface area contributed by atoms with Crippen molar-refractivity contribution < 1.29 is 23.1 Å². The highest BCUT2D eigenvalue weighted by atomic mass is 79.9. The molecule has 1 aromatic rings. The average Bonchev–Trinajstić information content (AvgIpc) is 3.08. The first kappa shape index (κ1) is 15.3. The van der Waals surface area contributed by atoms with Gasteiger partial charge in [0.05, 0.1) is 0 Å². The molecular formula is C13H13BrF3NO2. The van der Waals surface area contributed by atoms with Gasteiger partial charge in [-0.15, -0.1) is 0 Å². The van der Waals surface area contributed by atoms with Gasteiger partial charge in [0.1, 0.15) is 0 Å². The topological polar surface area (TPSA) is 63.3 Å². The Labute approximate surface area is 122 Å². The van der Waals surface area contributed by atoms with E-state index in [4.69, 9.17) is 5.73 Å². The molecule has 3 nitrogen and oxygen atoms in total. The number of carbonyl (C=O) groups excluding carboxylic acids is 1. The molecule has 3 N–H and O–H groups in total. The van der Waals surface area contributed by atoms with Gasteiger partial charge in [0.15, 0.2) is 0 Å². The van der Waals surface area contributed by atoms with Crippen molar-refractivity contribution in [3.05, 3.63) is 34.3 Å². The second kappa shape index (κ2) is 4.73. The SMILES string of the molecule is NC(=O)C(O)(CC1(c2ccccc2Br)CC1)C(F)(F)F. The zero-order valence-corrected chi connectivity index (χ0v) is 12.0. The third kappa shape index (κ3) is 2.44. The Kier molecular flexibility index (Phi) is 3.62. The first-order chi connectivity index (χ1) is 9.12. The number of rotatable bonds is 4. The molecule has 1 aliphatic rings. The van der Waals surface area contributed by atoms with Crippen molar-refractivity contribution in [2.75, 3.05) is 0 Å². The van der Waals surface area contributed by atoms with Gasteiger partial charge >= 0.3 is 6.18 Å². The fraction of sp³-hybridized carbons (Fsp3) is 0.462. The van der Waals surface area contributed by atoms with Crippen molar-refractivity contribution >= 4 is 21.8 Å². The fourth-order valence-electron chi connectivity index (χ4n) is 2.40. The second-order valence-corrected chi connectivity index (χ2v) is 6.01. The van der Waals surface area contributed by atoms with E-state index in [1.54, 1.807) is 24.3 Å². The van der Waals surface area contributed by atoms with Crippen LogP contribution in [0, 0.1) is 0 Å². The van der Waals surface area contributed by atoms with Crippen molar-refractivity contribution in [3.63, 3.8) is 0 Å². The van der Waals surface area contributed by atoms with E-state index in [0.29, 0.717) is 22.9 Å². The minimum absolute atomic E-state index is 0.473. The quantitative estimate of drug-likeness (QED) is 0.875. The molecule has 20 heavy (non-hydrogen) atoms. The van der Waals surface area contributed by atoms with Crippen LogP contribution in [0.4, 0.5) is 13.2 Å². The summed E-state index contributed by atoms with van der Waals surface area (Å²) in [6.45, 7) is 0. The summed E-state index contributed by atoms with van der Waals surface area (Å²) in [6, 6.07) is 6.85. The van der Waals surface area contributed by atoms with Crippen LogP contribution in [0.15, 0.2) is 28.7 Å². The smallest absolute Gasteiger partial charge is 0.373 e. The van der Waals surface area contributed by atoms with Crippen LogP contribution in [0.25, 0.3) is 0 Å². The minimum Gasteiger partial charge on any atom is -0.373 e. The third-order valence-electron chi connectivity index (χ3n) is 3.77. The highest BCUT2D eigenvalue weighted by Gasteiger charge is 2.64. The molecule has 1 saturated carbocycles. The highest BCUT2D eigenvalue weighted by molar-refractivity contribution is 9.10. The molecule has 2 rings (SSSR count). The van der Waals surface area contributed by atoms with Crippen molar-refractivity contribution in [3.8, 4) is 0 Å². The van der Waals surface area contributed by atoms with E-state index in [1.165, 1.54) is 0 Å². The number of hydrogen-bond donors (Lipinski definition) is 2. The van der Waals surface area contributed by atoms with Gasteiger partial charge in [-0.25, -0.2) is 0 Å². The van der Waals surface area contributed by atoms with Crippen LogP contribution in [-0.4, -0.2) is 22.8 Å². The van der Waals surface area contributed by atoms with E-state index in [0.717, 1.165) is 0 Å². The number of primary amides is 1. The Balaban J connectivity index is 2.38. The second-order valence-electron chi connectivity index (χ2n) is 5.16. The highest BCUT2D eigenvalue weighted by Crippen LogP contribution is 2.57. The van der Waals surface area contributed by atoms with Crippen molar-refractivity contribution in [2.24, 2.45) is 5.73 Å². The molecule has 0 heterocycles. The standard InChI is InChI=1S/C13H13BrF3NO2/c14-9-4-2-1-3-8(9)11(5-6-11)7-12(20,10(18)19)13(15,16)17/h1-4,20H,5-7H2,(H2,18,19). The summed E-state index contributed by atoms with van der Waals surface area (Å²) < 4.78 is 39.6. The Morgan fingerprint density at radius 2 is 1.90 bits per heavy atom. The Bertz CT molecular complexity index is 543. The van der Waals surface area contributed by atoms with Gasteiger partial charge in [-0.3, -0.25) is 4.79 Å². The monoisotopic (exact) mass is 351 g/mol. The lowest BCUT2D eigenvalue weighted by molar-refractivity contribution is -0.254. The minimum atomic E-state index is -5.09. The summed E-state index contributed by atoms with van der Waals surface area (Å²) in [5.74, 6) is -1.76. The molecule has 1 fully saturated rings. The molecule has 110 valence electrons. The molecule has 1 aliphatic carbocycles. The average molecular weight is 352 g/mol. The molecule has 1 unspecified atom stereocenters. The number of benzene rings is 1. The zero-order chi connectivity index (χ0) is 15.2.